The van der Waals surface area contributed by atoms with Crippen LogP contribution in [0.1, 0.15) is 20.3 Å². The van der Waals surface area contributed by atoms with Crippen LogP contribution in [0.25, 0.3) is 0 Å². The molecule has 0 aliphatic carbocycles. The Kier molecular flexibility index (Phi) is 3.33. The van der Waals surface area contributed by atoms with Gasteiger partial charge in [-0.15, -0.1) is 0 Å². The fraction of sp³-hybridized carbons (Fsp3) is 1.00. The van der Waals surface area contributed by atoms with E-state index >= 15 is 0 Å². The van der Waals surface area contributed by atoms with Crippen LogP contribution in [0.5, 0.6) is 0 Å². The molecule has 2 saturated heterocycles. The van der Waals surface area contributed by atoms with Crippen LogP contribution in [0.3, 0.4) is 0 Å². The van der Waals surface area contributed by atoms with E-state index in [0.29, 0.717) is 5.41 Å². The second-order valence-corrected chi connectivity index (χ2v) is 5.80. The van der Waals surface area contributed by atoms with Gasteiger partial charge < -0.3 is 10.2 Å². The van der Waals surface area contributed by atoms with Crippen LogP contribution < -0.4 is 5.32 Å². The van der Waals surface area contributed by atoms with E-state index in [1.54, 1.807) is 0 Å². The zero-order chi connectivity index (χ0) is 10.9. The van der Waals surface area contributed by atoms with Crippen LogP contribution in [0.15, 0.2) is 0 Å². The summed E-state index contributed by atoms with van der Waals surface area (Å²) in [7, 11) is 2.24. The summed E-state index contributed by atoms with van der Waals surface area (Å²) < 4.78 is 0. The third-order valence-electron chi connectivity index (χ3n) is 4.11. The van der Waals surface area contributed by atoms with Gasteiger partial charge in [0.2, 0.25) is 0 Å². The van der Waals surface area contributed by atoms with Crippen molar-refractivity contribution in [2.45, 2.75) is 26.3 Å². The highest BCUT2D eigenvalue weighted by molar-refractivity contribution is 4.88. The number of nitrogens with zero attached hydrogens (tertiary/aromatic N) is 2. The van der Waals surface area contributed by atoms with Gasteiger partial charge in [-0.2, -0.15) is 0 Å². The van der Waals surface area contributed by atoms with Gasteiger partial charge in [0.05, 0.1) is 0 Å². The van der Waals surface area contributed by atoms with Gasteiger partial charge in [-0.3, -0.25) is 4.90 Å². The zero-order valence-corrected chi connectivity index (χ0v) is 10.4. The molecule has 2 fully saturated rings. The smallest absolute Gasteiger partial charge is 0.0192 e. The first-order chi connectivity index (χ1) is 7.09. The minimum atomic E-state index is 0.523. The minimum Gasteiger partial charge on any atom is -0.316 e. The summed E-state index contributed by atoms with van der Waals surface area (Å²) in [5.74, 6) is 0. The Labute approximate surface area is 93.8 Å². The van der Waals surface area contributed by atoms with Crippen molar-refractivity contribution >= 4 is 0 Å². The molecule has 2 atom stereocenters. The molecule has 15 heavy (non-hydrogen) atoms. The van der Waals surface area contributed by atoms with E-state index in [1.165, 1.54) is 45.7 Å². The number of rotatable bonds is 2. The molecule has 1 N–H and O–H groups in total. The zero-order valence-electron chi connectivity index (χ0n) is 10.4. The first kappa shape index (κ1) is 11.4. The monoisotopic (exact) mass is 211 g/mol. The average Bonchev–Trinajstić information content (AvgIpc) is 2.59. The van der Waals surface area contributed by atoms with Crippen molar-refractivity contribution in [3.8, 4) is 0 Å². The molecule has 2 unspecified atom stereocenters. The molecule has 0 spiro atoms. The third kappa shape index (κ3) is 2.71. The van der Waals surface area contributed by atoms with E-state index in [4.69, 9.17) is 0 Å². The number of nitrogens with one attached hydrogen (secondary N) is 1. The summed E-state index contributed by atoms with van der Waals surface area (Å²) in [4.78, 5) is 5.11. The molecular formula is C12H25N3. The minimum absolute atomic E-state index is 0.523. The van der Waals surface area contributed by atoms with Gasteiger partial charge in [-0.1, -0.05) is 6.92 Å². The molecule has 2 heterocycles. The van der Waals surface area contributed by atoms with E-state index in [-0.39, 0.29) is 0 Å². The van der Waals surface area contributed by atoms with Gasteiger partial charge in [-0.25, -0.2) is 0 Å². The molecule has 0 aromatic rings. The van der Waals surface area contributed by atoms with Crippen LogP contribution in [-0.2, 0) is 0 Å². The van der Waals surface area contributed by atoms with Gasteiger partial charge in [-0.05, 0) is 32.4 Å². The maximum Gasteiger partial charge on any atom is 0.0192 e. The van der Waals surface area contributed by atoms with Gasteiger partial charge in [0.15, 0.2) is 0 Å². The Morgan fingerprint density at radius 1 is 1.40 bits per heavy atom. The molecule has 0 radical (unpaired) electrons. The van der Waals surface area contributed by atoms with Crippen LogP contribution in [0.2, 0.25) is 0 Å². The lowest BCUT2D eigenvalue weighted by Gasteiger charge is -2.41. The molecule has 2 rings (SSSR count). The summed E-state index contributed by atoms with van der Waals surface area (Å²) in [5, 5.41) is 3.49. The maximum absolute atomic E-state index is 3.49. The average molecular weight is 211 g/mol. The highest BCUT2D eigenvalue weighted by atomic mass is 15.3. The normalized spacial score (nSPS) is 39.8. The molecular weight excluding hydrogens is 186 g/mol. The summed E-state index contributed by atoms with van der Waals surface area (Å²) >= 11 is 0. The van der Waals surface area contributed by atoms with Crippen molar-refractivity contribution in [3.63, 3.8) is 0 Å². The fourth-order valence-corrected chi connectivity index (χ4v) is 2.81. The SMILES string of the molecule is CC1CN(CC2(C)CCNC2)CCN1C. The Balaban J connectivity index is 1.84. The summed E-state index contributed by atoms with van der Waals surface area (Å²) in [6.07, 6.45) is 1.34. The second kappa shape index (κ2) is 4.40. The molecule has 2 aliphatic heterocycles. The number of hydrogen-bond donors (Lipinski definition) is 1. The molecule has 0 aromatic carbocycles. The molecule has 0 saturated carbocycles. The van der Waals surface area contributed by atoms with E-state index in [0.717, 1.165) is 6.04 Å². The first-order valence-corrected chi connectivity index (χ1v) is 6.22. The lowest BCUT2D eigenvalue weighted by molar-refractivity contribution is 0.0751. The molecule has 88 valence electrons. The van der Waals surface area contributed by atoms with E-state index < -0.39 is 0 Å². The lowest BCUT2D eigenvalue weighted by atomic mass is 9.89. The Morgan fingerprint density at radius 2 is 2.20 bits per heavy atom. The number of likely N-dealkylation sites (N-methyl/N-ethyl adjacent to an activating group) is 1. The quantitative estimate of drug-likeness (QED) is 0.722. The van der Waals surface area contributed by atoms with Crippen molar-refractivity contribution in [2.75, 3.05) is 46.3 Å². The number of hydrogen-bond acceptors (Lipinski definition) is 3. The highest BCUT2D eigenvalue weighted by Crippen LogP contribution is 2.26. The second-order valence-electron chi connectivity index (χ2n) is 5.80. The van der Waals surface area contributed by atoms with E-state index in [1.807, 2.05) is 0 Å². The van der Waals surface area contributed by atoms with Gasteiger partial charge in [0, 0.05) is 38.8 Å². The van der Waals surface area contributed by atoms with Gasteiger partial charge in [0.1, 0.15) is 0 Å². The summed E-state index contributed by atoms with van der Waals surface area (Å²) in [5.41, 5.74) is 0.523. The van der Waals surface area contributed by atoms with Crippen molar-refractivity contribution in [3.05, 3.63) is 0 Å². The predicted octanol–water partition coefficient (Wildman–Crippen LogP) is 0.622. The molecule has 3 nitrogen and oxygen atoms in total. The van der Waals surface area contributed by atoms with Gasteiger partial charge in [0.25, 0.3) is 0 Å². The van der Waals surface area contributed by atoms with Crippen molar-refractivity contribution in [1.82, 2.24) is 15.1 Å². The predicted molar refractivity (Wildman–Crippen MR) is 64.1 cm³/mol. The molecule has 0 amide bonds. The Bertz CT molecular complexity index is 211. The van der Waals surface area contributed by atoms with Crippen molar-refractivity contribution in [2.24, 2.45) is 5.41 Å². The van der Waals surface area contributed by atoms with Crippen LogP contribution >= 0.6 is 0 Å². The van der Waals surface area contributed by atoms with Crippen LogP contribution in [0.4, 0.5) is 0 Å². The van der Waals surface area contributed by atoms with E-state index in [9.17, 15) is 0 Å². The lowest BCUT2D eigenvalue weighted by Crippen LogP contribution is -2.52. The summed E-state index contributed by atoms with van der Waals surface area (Å²) in [6, 6.07) is 0.719. The number of piperazine rings is 1. The van der Waals surface area contributed by atoms with Crippen molar-refractivity contribution in [1.29, 1.82) is 0 Å². The Morgan fingerprint density at radius 3 is 2.80 bits per heavy atom. The standard InChI is InChI=1S/C12H25N3/c1-11-8-15(7-6-14(11)3)10-12(2)4-5-13-9-12/h11,13H,4-10H2,1-3H3. The van der Waals surface area contributed by atoms with Crippen LogP contribution in [0, 0.1) is 5.41 Å². The third-order valence-corrected chi connectivity index (χ3v) is 4.11. The molecule has 2 aliphatic rings. The van der Waals surface area contributed by atoms with Gasteiger partial charge >= 0.3 is 0 Å². The topological polar surface area (TPSA) is 18.5 Å². The molecule has 3 heteroatoms. The maximum atomic E-state index is 3.49. The summed E-state index contributed by atoms with van der Waals surface area (Å²) in [6.45, 7) is 12.2. The van der Waals surface area contributed by atoms with E-state index in [2.05, 4.69) is 36.0 Å². The highest BCUT2D eigenvalue weighted by Gasteiger charge is 2.32. The molecule has 0 bridgehead atoms. The fourth-order valence-electron chi connectivity index (χ4n) is 2.81. The van der Waals surface area contributed by atoms with Crippen LogP contribution in [-0.4, -0.2) is 62.2 Å². The largest absolute Gasteiger partial charge is 0.316 e. The molecule has 0 aromatic heterocycles. The van der Waals surface area contributed by atoms with Crippen molar-refractivity contribution < 1.29 is 0 Å². The first-order valence-electron chi connectivity index (χ1n) is 6.22. The Hall–Kier alpha value is -0.120.